The first-order valence-corrected chi connectivity index (χ1v) is 3.40. The van der Waals surface area contributed by atoms with E-state index in [0.29, 0.717) is 5.56 Å². The number of hydrogen-bond acceptors (Lipinski definition) is 1. The van der Waals surface area contributed by atoms with E-state index in [2.05, 4.69) is 0 Å². The summed E-state index contributed by atoms with van der Waals surface area (Å²) in [4.78, 5) is 10.8. The minimum atomic E-state index is -0.168. The van der Waals surface area contributed by atoms with Gasteiger partial charge in [-0.25, -0.2) is 0 Å². The van der Waals surface area contributed by atoms with E-state index in [0.717, 1.165) is 0 Å². The second-order valence-electron chi connectivity index (χ2n) is 2.51. The van der Waals surface area contributed by atoms with Crippen LogP contribution >= 0.6 is 0 Å². The van der Waals surface area contributed by atoms with Crippen molar-refractivity contribution in [2.45, 2.75) is 13.8 Å². The zero-order valence-corrected chi connectivity index (χ0v) is 6.55. The Kier molecular flexibility index (Phi) is 1.94. The summed E-state index contributed by atoms with van der Waals surface area (Å²) in [7, 11) is 0. The second kappa shape index (κ2) is 2.74. The molecular weight excluding hydrogens is 140 g/mol. The molecule has 0 aromatic heterocycles. The lowest BCUT2D eigenvalue weighted by molar-refractivity contribution is 0.101. The van der Waals surface area contributed by atoms with Crippen LogP contribution in [0.5, 0.6) is 5.75 Å². The van der Waals surface area contributed by atoms with E-state index in [1.165, 1.54) is 6.92 Å². The Labute approximate surface area is 65.5 Å². The molecule has 0 unspecified atom stereocenters. The Morgan fingerprint density at radius 2 is 2.00 bits per heavy atom. The Bertz CT molecular complexity index is 290. The standard InChI is InChI=1S/C9H9O2/c1-6-4-3-5-8(7(2)10)9(6)11/h3-5H,1-2H3. The third kappa shape index (κ3) is 1.40. The van der Waals surface area contributed by atoms with Crippen LogP contribution in [0.15, 0.2) is 18.2 Å². The maximum atomic E-state index is 11.2. The second-order valence-corrected chi connectivity index (χ2v) is 2.51. The number of para-hydroxylation sites is 1. The predicted octanol–water partition coefficient (Wildman–Crippen LogP) is 2.34. The molecule has 0 heterocycles. The van der Waals surface area contributed by atoms with Crippen molar-refractivity contribution in [1.29, 1.82) is 0 Å². The quantitative estimate of drug-likeness (QED) is 0.564. The van der Waals surface area contributed by atoms with Crippen molar-refractivity contribution in [2.24, 2.45) is 0 Å². The largest absolute Gasteiger partial charge is 0.294 e. The van der Waals surface area contributed by atoms with Crippen LogP contribution in [0.2, 0.25) is 0 Å². The van der Waals surface area contributed by atoms with E-state index >= 15 is 0 Å². The Balaban J connectivity index is 3.27. The zero-order chi connectivity index (χ0) is 8.43. The molecule has 0 atom stereocenters. The summed E-state index contributed by atoms with van der Waals surface area (Å²) in [5, 5.41) is 11.2. The number of aryl methyl sites for hydroxylation is 1. The Morgan fingerprint density at radius 3 is 2.45 bits per heavy atom. The number of carbonyl (C=O) groups excluding carboxylic acids is 1. The highest BCUT2D eigenvalue weighted by atomic mass is 16.3. The molecule has 1 aromatic carbocycles. The summed E-state index contributed by atoms with van der Waals surface area (Å²) in [6, 6.07) is 4.97. The molecule has 0 amide bonds. The van der Waals surface area contributed by atoms with Crippen molar-refractivity contribution in [3.8, 4) is 5.75 Å². The summed E-state index contributed by atoms with van der Waals surface area (Å²) in [6.07, 6.45) is 0. The van der Waals surface area contributed by atoms with Gasteiger partial charge in [0.1, 0.15) is 0 Å². The minimum Gasteiger partial charge on any atom is -0.294 e. The van der Waals surface area contributed by atoms with Crippen LogP contribution in [0, 0.1) is 6.92 Å². The average Bonchev–Trinajstić information content (AvgIpc) is 1.94. The van der Waals surface area contributed by atoms with Gasteiger partial charge < -0.3 is 0 Å². The fourth-order valence-electron chi connectivity index (χ4n) is 0.930. The van der Waals surface area contributed by atoms with Crippen LogP contribution in [0.1, 0.15) is 22.8 Å². The topological polar surface area (TPSA) is 37.0 Å². The summed E-state index contributed by atoms with van der Waals surface area (Å²) in [6.45, 7) is 3.10. The molecule has 0 aliphatic heterocycles. The summed E-state index contributed by atoms with van der Waals surface area (Å²) in [5.41, 5.74) is 0.905. The number of benzene rings is 1. The molecule has 0 fully saturated rings. The van der Waals surface area contributed by atoms with E-state index in [-0.39, 0.29) is 17.1 Å². The van der Waals surface area contributed by atoms with Gasteiger partial charge in [0.05, 0.1) is 5.56 Å². The smallest absolute Gasteiger partial charge is 0.192 e. The van der Waals surface area contributed by atoms with E-state index in [1.54, 1.807) is 25.1 Å². The monoisotopic (exact) mass is 149 g/mol. The van der Waals surface area contributed by atoms with Crippen LogP contribution in [0.25, 0.3) is 0 Å². The van der Waals surface area contributed by atoms with Gasteiger partial charge in [0, 0.05) is 0 Å². The Hall–Kier alpha value is -1.31. The molecule has 0 saturated carbocycles. The normalized spacial score (nSPS) is 9.64. The molecule has 0 saturated heterocycles. The number of carbonyl (C=O) groups is 1. The molecule has 0 aliphatic rings. The third-order valence-corrected chi connectivity index (χ3v) is 1.59. The van der Waals surface area contributed by atoms with Crippen molar-refractivity contribution in [3.05, 3.63) is 29.3 Å². The fourth-order valence-corrected chi connectivity index (χ4v) is 0.930. The molecule has 0 N–H and O–H groups in total. The van der Waals surface area contributed by atoms with Gasteiger partial charge in [-0.2, -0.15) is 0 Å². The lowest BCUT2D eigenvalue weighted by Crippen LogP contribution is -1.92. The highest BCUT2D eigenvalue weighted by Crippen LogP contribution is 2.22. The molecule has 11 heavy (non-hydrogen) atoms. The lowest BCUT2D eigenvalue weighted by Gasteiger charge is -1.98. The van der Waals surface area contributed by atoms with Crippen LogP contribution in [-0.4, -0.2) is 5.78 Å². The molecule has 57 valence electrons. The van der Waals surface area contributed by atoms with Gasteiger partial charge in [0.15, 0.2) is 11.5 Å². The van der Waals surface area contributed by atoms with Crippen molar-refractivity contribution in [1.82, 2.24) is 0 Å². The van der Waals surface area contributed by atoms with E-state index in [1.807, 2.05) is 0 Å². The van der Waals surface area contributed by atoms with Gasteiger partial charge in [0.2, 0.25) is 0 Å². The van der Waals surface area contributed by atoms with Crippen molar-refractivity contribution in [2.75, 3.05) is 0 Å². The molecule has 1 rings (SSSR count). The summed E-state index contributed by atoms with van der Waals surface area (Å²) in [5.74, 6) is -0.321. The molecule has 0 aliphatic carbocycles. The highest BCUT2D eigenvalue weighted by molar-refractivity contribution is 5.96. The van der Waals surface area contributed by atoms with E-state index in [9.17, 15) is 9.90 Å². The number of ketones is 1. The van der Waals surface area contributed by atoms with Gasteiger partial charge in [-0.1, -0.05) is 12.1 Å². The van der Waals surface area contributed by atoms with Gasteiger partial charge in [-0.15, -0.1) is 0 Å². The minimum absolute atomic E-state index is 0.153. The van der Waals surface area contributed by atoms with Crippen molar-refractivity contribution >= 4 is 5.78 Å². The first kappa shape index (κ1) is 7.79. The summed E-state index contributed by atoms with van der Waals surface area (Å²) < 4.78 is 0. The van der Waals surface area contributed by atoms with Crippen LogP contribution in [-0.2, 0) is 5.11 Å². The average molecular weight is 149 g/mol. The molecule has 2 nitrogen and oxygen atoms in total. The Morgan fingerprint density at radius 1 is 1.36 bits per heavy atom. The first-order chi connectivity index (χ1) is 5.13. The number of Topliss-reactive ketones (excluding diaryl/α,β-unsaturated/α-hetero) is 1. The molecule has 0 spiro atoms. The maximum Gasteiger partial charge on any atom is 0.192 e. The van der Waals surface area contributed by atoms with E-state index < -0.39 is 0 Å². The van der Waals surface area contributed by atoms with Crippen LogP contribution < -0.4 is 0 Å². The SMILES string of the molecule is CC(=O)c1cccc(C)c1[O]. The highest BCUT2D eigenvalue weighted by Gasteiger charge is 2.08. The molecule has 0 bridgehead atoms. The van der Waals surface area contributed by atoms with E-state index in [4.69, 9.17) is 0 Å². The predicted molar refractivity (Wildman–Crippen MR) is 41.3 cm³/mol. The summed E-state index contributed by atoms with van der Waals surface area (Å²) >= 11 is 0. The molecular formula is C9H9O2. The van der Waals surface area contributed by atoms with Crippen LogP contribution in [0.4, 0.5) is 0 Å². The van der Waals surface area contributed by atoms with Gasteiger partial charge in [0.25, 0.3) is 0 Å². The van der Waals surface area contributed by atoms with Gasteiger partial charge in [-0.3, -0.25) is 9.90 Å². The molecule has 2 heteroatoms. The molecule has 1 aromatic rings. The van der Waals surface area contributed by atoms with Crippen molar-refractivity contribution < 1.29 is 9.90 Å². The zero-order valence-electron chi connectivity index (χ0n) is 6.55. The van der Waals surface area contributed by atoms with Gasteiger partial charge >= 0.3 is 0 Å². The fraction of sp³-hybridized carbons (Fsp3) is 0.222. The first-order valence-electron chi connectivity index (χ1n) is 3.40. The number of hydrogen-bond donors (Lipinski definition) is 0. The molecule has 1 radical (unpaired) electrons. The maximum absolute atomic E-state index is 11.2. The van der Waals surface area contributed by atoms with Crippen molar-refractivity contribution in [3.63, 3.8) is 0 Å². The van der Waals surface area contributed by atoms with Gasteiger partial charge in [-0.05, 0) is 25.5 Å². The lowest BCUT2D eigenvalue weighted by atomic mass is 10.1. The number of rotatable bonds is 1. The third-order valence-electron chi connectivity index (χ3n) is 1.59. The van der Waals surface area contributed by atoms with Crippen LogP contribution in [0.3, 0.4) is 0 Å².